The summed E-state index contributed by atoms with van der Waals surface area (Å²) in [5, 5.41) is 6.73. The van der Waals surface area contributed by atoms with Gasteiger partial charge in [0.1, 0.15) is 5.75 Å². The minimum atomic E-state index is 0.357. The van der Waals surface area contributed by atoms with E-state index >= 15 is 0 Å². The molecular weight excluding hydrogens is 262 g/mol. The van der Waals surface area contributed by atoms with E-state index in [4.69, 9.17) is 4.74 Å². The average Bonchev–Trinajstić information content (AvgIpc) is 2.53. The highest BCUT2D eigenvalue weighted by Gasteiger charge is 2.11. The standard InChI is InChI=1S/C17H29N3O/c1-5-6-9-12-19-17(18-3)20-13-14(2)15-10-7-8-11-16(15)21-4/h7-8,10-11,14H,5-6,9,12-13H2,1-4H3,(H2,18,19,20). The Hall–Kier alpha value is -1.71. The number of ether oxygens (including phenoxy) is 1. The Morgan fingerprint density at radius 3 is 2.67 bits per heavy atom. The SMILES string of the molecule is CCCCCNC(=NC)NCC(C)c1ccccc1OC. The maximum atomic E-state index is 5.42. The number of unbranched alkanes of at least 4 members (excludes halogenated alkanes) is 2. The van der Waals surface area contributed by atoms with Crippen molar-refractivity contribution < 1.29 is 4.74 Å². The molecule has 0 radical (unpaired) electrons. The van der Waals surface area contributed by atoms with Gasteiger partial charge in [0.25, 0.3) is 0 Å². The predicted octanol–water partition coefficient (Wildman–Crippen LogP) is 3.15. The van der Waals surface area contributed by atoms with Crippen molar-refractivity contribution in [1.82, 2.24) is 10.6 Å². The van der Waals surface area contributed by atoms with Crippen LogP contribution in [0, 0.1) is 0 Å². The topological polar surface area (TPSA) is 45.7 Å². The van der Waals surface area contributed by atoms with E-state index in [1.807, 2.05) is 25.2 Å². The van der Waals surface area contributed by atoms with Gasteiger partial charge in [0.15, 0.2) is 5.96 Å². The van der Waals surface area contributed by atoms with Crippen molar-refractivity contribution >= 4 is 5.96 Å². The summed E-state index contributed by atoms with van der Waals surface area (Å²) in [7, 11) is 3.52. The van der Waals surface area contributed by atoms with E-state index in [2.05, 4.69) is 35.5 Å². The molecule has 0 saturated carbocycles. The van der Waals surface area contributed by atoms with Crippen LogP contribution in [0.5, 0.6) is 5.75 Å². The van der Waals surface area contributed by atoms with Gasteiger partial charge in [0.2, 0.25) is 0 Å². The van der Waals surface area contributed by atoms with Crippen LogP contribution < -0.4 is 15.4 Å². The first-order chi connectivity index (χ1) is 10.2. The second-order valence-electron chi connectivity index (χ2n) is 5.23. The smallest absolute Gasteiger partial charge is 0.190 e. The number of rotatable bonds is 8. The third-order valence-electron chi connectivity index (χ3n) is 3.54. The highest BCUT2D eigenvalue weighted by Crippen LogP contribution is 2.25. The van der Waals surface area contributed by atoms with Gasteiger partial charge < -0.3 is 15.4 Å². The second kappa shape index (κ2) is 10.1. The Morgan fingerprint density at radius 1 is 1.24 bits per heavy atom. The van der Waals surface area contributed by atoms with Crippen LogP contribution in [0.1, 0.15) is 44.6 Å². The number of methoxy groups -OCH3 is 1. The van der Waals surface area contributed by atoms with Gasteiger partial charge in [-0.25, -0.2) is 0 Å². The van der Waals surface area contributed by atoms with Crippen LogP contribution in [0.3, 0.4) is 0 Å². The van der Waals surface area contributed by atoms with E-state index < -0.39 is 0 Å². The van der Waals surface area contributed by atoms with Crippen LogP contribution in [0.25, 0.3) is 0 Å². The van der Waals surface area contributed by atoms with Gasteiger partial charge in [-0.3, -0.25) is 4.99 Å². The van der Waals surface area contributed by atoms with Crippen molar-refractivity contribution in [3.05, 3.63) is 29.8 Å². The number of aliphatic imine (C=N–C) groups is 1. The molecule has 0 amide bonds. The third kappa shape index (κ3) is 6.06. The lowest BCUT2D eigenvalue weighted by atomic mass is 10.0. The molecule has 1 rings (SSSR count). The summed E-state index contributed by atoms with van der Waals surface area (Å²) >= 11 is 0. The molecule has 0 bridgehead atoms. The zero-order valence-electron chi connectivity index (χ0n) is 13.8. The minimum Gasteiger partial charge on any atom is -0.496 e. The molecule has 118 valence electrons. The number of guanidine groups is 1. The summed E-state index contributed by atoms with van der Waals surface area (Å²) < 4.78 is 5.42. The number of hydrogen-bond acceptors (Lipinski definition) is 2. The van der Waals surface area contributed by atoms with Gasteiger partial charge in [0, 0.05) is 26.1 Å². The molecule has 1 aromatic carbocycles. The summed E-state index contributed by atoms with van der Waals surface area (Å²) in [4.78, 5) is 4.26. The molecule has 2 N–H and O–H groups in total. The Balaban J connectivity index is 2.45. The highest BCUT2D eigenvalue weighted by atomic mass is 16.5. The fourth-order valence-electron chi connectivity index (χ4n) is 2.24. The fourth-order valence-corrected chi connectivity index (χ4v) is 2.24. The Morgan fingerprint density at radius 2 is 2.00 bits per heavy atom. The van der Waals surface area contributed by atoms with Gasteiger partial charge in [-0.05, 0) is 18.1 Å². The van der Waals surface area contributed by atoms with E-state index in [0.29, 0.717) is 5.92 Å². The molecular formula is C17H29N3O. The molecule has 1 unspecified atom stereocenters. The summed E-state index contributed by atoms with van der Waals surface area (Å²) in [6, 6.07) is 8.16. The lowest BCUT2D eigenvalue weighted by Gasteiger charge is -2.18. The maximum absolute atomic E-state index is 5.42. The Kier molecular flexibility index (Phi) is 8.32. The van der Waals surface area contributed by atoms with Crippen LogP contribution in [-0.2, 0) is 0 Å². The number of benzene rings is 1. The van der Waals surface area contributed by atoms with E-state index in [0.717, 1.165) is 24.8 Å². The molecule has 0 heterocycles. The van der Waals surface area contributed by atoms with Gasteiger partial charge in [-0.15, -0.1) is 0 Å². The first-order valence-corrected chi connectivity index (χ1v) is 7.80. The molecule has 0 saturated heterocycles. The van der Waals surface area contributed by atoms with Crippen LogP contribution in [0.15, 0.2) is 29.3 Å². The molecule has 4 nitrogen and oxygen atoms in total. The Labute approximate surface area is 129 Å². The number of para-hydroxylation sites is 1. The highest BCUT2D eigenvalue weighted by molar-refractivity contribution is 5.79. The van der Waals surface area contributed by atoms with Crippen molar-refractivity contribution in [3.63, 3.8) is 0 Å². The molecule has 0 aromatic heterocycles. The van der Waals surface area contributed by atoms with Crippen LogP contribution >= 0.6 is 0 Å². The minimum absolute atomic E-state index is 0.357. The van der Waals surface area contributed by atoms with Gasteiger partial charge in [-0.1, -0.05) is 44.9 Å². The molecule has 1 atom stereocenters. The van der Waals surface area contributed by atoms with Crippen LogP contribution in [0.2, 0.25) is 0 Å². The van der Waals surface area contributed by atoms with Gasteiger partial charge in [-0.2, -0.15) is 0 Å². The quantitative estimate of drug-likeness (QED) is 0.439. The van der Waals surface area contributed by atoms with E-state index in [-0.39, 0.29) is 0 Å². The number of hydrogen-bond donors (Lipinski definition) is 2. The molecule has 21 heavy (non-hydrogen) atoms. The monoisotopic (exact) mass is 291 g/mol. The fraction of sp³-hybridized carbons (Fsp3) is 0.588. The molecule has 0 aliphatic rings. The van der Waals surface area contributed by atoms with Crippen molar-refractivity contribution in [2.24, 2.45) is 4.99 Å². The summed E-state index contributed by atoms with van der Waals surface area (Å²) in [6.45, 7) is 6.20. The summed E-state index contributed by atoms with van der Waals surface area (Å²) in [6.07, 6.45) is 3.67. The molecule has 0 spiro atoms. The van der Waals surface area contributed by atoms with Crippen LogP contribution in [-0.4, -0.2) is 33.2 Å². The van der Waals surface area contributed by atoms with Crippen molar-refractivity contribution in [2.75, 3.05) is 27.2 Å². The van der Waals surface area contributed by atoms with Gasteiger partial charge in [0.05, 0.1) is 7.11 Å². The first kappa shape index (κ1) is 17.3. The molecule has 0 fully saturated rings. The largest absolute Gasteiger partial charge is 0.496 e. The first-order valence-electron chi connectivity index (χ1n) is 7.80. The van der Waals surface area contributed by atoms with Gasteiger partial charge >= 0.3 is 0 Å². The average molecular weight is 291 g/mol. The molecule has 1 aromatic rings. The normalized spacial score (nSPS) is 12.9. The molecule has 4 heteroatoms. The second-order valence-corrected chi connectivity index (χ2v) is 5.23. The third-order valence-corrected chi connectivity index (χ3v) is 3.54. The van der Waals surface area contributed by atoms with E-state index in [1.54, 1.807) is 7.11 Å². The Bertz CT molecular complexity index is 432. The van der Waals surface area contributed by atoms with Crippen LogP contribution in [0.4, 0.5) is 0 Å². The van der Waals surface area contributed by atoms with Crippen molar-refractivity contribution in [3.8, 4) is 5.75 Å². The lowest BCUT2D eigenvalue weighted by Crippen LogP contribution is -2.39. The number of nitrogens with one attached hydrogen (secondary N) is 2. The van der Waals surface area contributed by atoms with E-state index in [9.17, 15) is 0 Å². The lowest BCUT2D eigenvalue weighted by molar-refractivity contribution is 0.406. The zero-order chi connectivity index (χ0) is 15.5. The van der Waals surface area contributed by atoms with Crippen molar-refractivity contribution in [1.29, 1.82) is 0 Å². The predicted molar refractivity (Wildman–Crippen MR) is 90.3 cm³/mol. The maximum Gasteiger partial charge on any atom is 0.190 e. The number of nitrogens with zero attached hydrogens (tertiary/aromatic N) is 1. The molecule has 0 aliphatic heterocycles. The zero-order valence-corrected chi connectivity index (χ0v) is 13.8. The summed E-state index contributed by atoms with van der Waals surface area (Å²) in [5.74, 6) is 2.17. The summed E-state index contributed by atoms with van der Waals surface area (Å²) in [5.41, 5.74) is 1.22. The van der Waals surface area contributed by atoms with E-state index in [1.165, 1.54) is 24.8 Å². The van der Waals surface area contributed by atoms with Crippen molar-refractivity contribution in [2.45, 2.75) is 39.0 Å². The molecule has 0 aliphatic carbocycles.